The first-order chi connectivity index (χ1) is 11.1. The van der Waals surface area contributed by atoms with Crippen LogP contribution in [0.1, 0.15) is 40.4 Å². The van der Waals surface area contributed by atoms with Crippen molar-refractivity contribution in [2.24, 2.45) is 0 Å². The van der Waals surface area contributed by atoms with Crippen molar-refractivity contribution in [3.63, 3.8) is 0 Å². The minimum absolute atomic E-state index is 0.0229. The number of amides is 1. The van der Waals surface area contributed by atoms with Crippen molar-refractivity contribution < 1.29 is 18.0 Å². The molecule has 4 nitrogen and oxygen atoms in total. The number of rotatable bonds is 5. The number of aromatic nitrogens is 1. The van der Waals surface area contributed by atoms with E-state index in [-0.39, 0.29) is 22.9 Å². The molecule has 0 spiro atoms. The quantitative estimate of drug-likeness (QED) is 0.753. The van der Waals surface area contributed by atoms with Crippen LogP contribution in [-0.2, 0) is 0 Å². The van der Waals surface area contributed by atoms with Crippen LogP contribution in [0.15, 0.2) is 40.1 Å². The molecule has 3 aromatic rings. The van der Waals surface area contributed by atoms with Gasteiger partial charge in [0.1, 0.15) is 5.52 Å². The van der Waals surface area contributed by atoms with E-state index in [1.807, 2.05) is 31.2 Å². The van der Waals surface area contributed by atoms with E-state index >= 15 is 0 Å². The van der Waals surface area contributed by atoms with Crippen molar-refractivity contribution >= 4 is 28.3 Å². The lowest BCUT2D eigenvalue weighted by atomic mass is 10.1. The average Bonchev–Trinajstić information content (AvgIpc) is 3.18. The topological polar surface area (TPSA) is 55.1 Å². The lowest BCUT2D eigenvalue weighted by molar-refractivity contribution is 0.0939. The number of carbonyl (C=O) groups is 1. The van der Waals surface area contributed by atoms with Crippen molar-refractivity contribution in [3.05, 3.63) is 52.0 Å². The molecule has 1 atom stereocenters. The third-order valence-corrected chi connectivity index (χ3v) is 4.36. The minimum Gasteiger partial charge on any atom is -0.440 e. The highest BCUT2D eigenvalue weighted by molar-refractivity contribution is 7.10. The number of oxazole rings is 1. The predicted octanol–water partition coefficient (Wildman–Crippen LogP) is 4.36. The zero-order valence-corrected chi connectivity index (χ0v) is 13.1. The summed E-state index contributed by atoms with van der Waals surface area (Å²) >= 11 is 0.878. The summed E-state index contributed by atoms with van der Waals surface area (Å²) in [4.78, 5) is 16.2. The number of benzene rings is 1. The fraction of sp³-hybridized carbons (Fsp3) is 0.250. The summed E-state index contributed by atoms with van der Waals surface area (Å²) in [6.45, 7) is 2.11. The first-order valence-electron chi connectivity index (χ1n) is 7.05. The Hall–Kier alpha value is -2.28. The van der Waals surface area contributed by atoms with Crippen LogP contribution in [0.2, 0.25) is 0 Å². The number of nitrogens with one attached hydrogen (secondary N) is 1. The van der Waals surface area contributed by atoms with Gasteiger partial charge < -0.3 is 9.73 Å². The molecule has 0 aliphatic heterocycles. The van der Waals surface area contributed by atoms with Crippen molar-refractivity contribution in [3.8, 4) is 0 Å². The maximum atomic E-state index is 12.8. The monoisotopic (exact) mass is 336 g/mol. The number of fused-ring (bicyclic) bond motifs is 1. The molecular weight excluding hydrogens is 322 g/mol. The van der Waals surface area contributed by atoms with E-state index in [2.05, 4.69) is 10.3 Å². The van der Waals surface area contributed by atoms with Gasteiger partial charge in [-0.1, -0.05) is 19.1 Å². The summed E-state index contributed by atoms with van der Waals surface area (Å²) < 4.78 is 31.3. The average molecular weight is 336 g/mol. The SMILES string of the molecule is CC(CNC(=O)c1ccsc1C(F)F)c1nc2ccccc2o1. The molecule has 1 amide bonds. The Morgan fingerprint density at radius 2 is 2.13 bits per heavy atom. The molecule has 0 radical (unpaired) electrons. The number of thiophene rings is 1. The Kier molecular flexibility index (Phi) is 4.38. The Labute approximate surface area is 135 Å². The van der Waals surface area contributed by atoms with Crippen LogP contribution in [0.5, 0.6) is 0 Å². The molecule has 0 aliphatic carbocycles. The molecule has 2 heterocycles. The molecule has 7 heteroatoms. The smallest absolute Gasteiger partial charge is 0.273 e. The number of nitrogens with zero attached hydrogens (tertiary/aromatic N) is 1. The number of halogens is 2. The number of para-hydroxylation sites is 2. The van der Waals surface area contributed by atoms with E-state index in [1.165, 1.54) is 11.4 Å². The number of carbonyl (C=O) groups excluding carboxylic acids is 1. The fourth-order valence-corrected chi connectivity index (χ4v) is 2.95. The lowest BCUT2D eigenvalue weighted by Crippen LogP contribution is -2.28. The van der Waals surface area contributed by atoms with E-state index in [9.17, 15) is 13.6 Å². The molecule has 0 saturated carbocycles. The number of alkyl halides is 2. The van der Waals surface area contributed by atoms with Gasteiger partial charge in [0.15, 0.2) is 11.5 Å². The molecule has 0 fully saturated rings. The predicted molar refractivity (Wildman–Crippen MR) is 84.0 cm³/mol. The molecule has 0 aliphatic rings. The van der Waals surface area contributed by atoms with Crippen LogP contribution in [0.4, 0.5) is 8.78 Å². The number of hydrogen-bond donors (Lipinski definition) is 1. The zero-order valence-electron chi connectivity index (χ0n) is 12.3. The highest BCUT2D eigenvalue weighted by Crippen LogP contribution is 2.28. The standard InChI is InChI=1S/C16H14F2N2O2S/c1-9(16-20-11-4-2-3-5-12(11)22-16)8-19-15(21)10-6-7-23-13(10)14(17)18/h2-7,9,14H,8H2,1H3,(H,19,21). The summed E-state index contributed by atoms with van der Waals surface area (Å²) in [7, 11) is 0. The first-order valence-corrected chi connectivity index (χ1v) is 7.93. The van der Waals surface area contributed by atoms with Gasteiger partial charge in [-0.15, -0.1) is 11.3 Å². The van der Waals surface area contributed by atoms with Gasteiger partial charge in [-0.2, -0.15) is 0 Å². The van der Waals surface area contributed by atoms with E-state index in [1.54, 1.807) is 0 Å². The minimum atomic E-state index is -2.65. The molecular formula is C16H14F2N2O2S. The maximum absolute atomic E-state index is 12.8. The molecule has 1 aromatic carbocycles. The van der Waals surface area contributed by atoms with Gasteiger partial charge in [-0.25, -0.2) is 13.8 Å². The Bertz CT molecular complexity index is 795. The van der Waals surface area contributed by atoms with Crippen LogP contribution in [0.25, 0.3) is 11.1 Å². The molecule has 0 saturated heterocycles. The van der Waals surface area contributed by atoms with Crippen LogP contribution < -0.4 is 5.32 Å². The lowest BCUT2D eigenvalue weighted by Gasteiger charge is -2.09. The van der Waals surface area contributed by atoms with Gasteiger partial charge in [0, 0.05) is 6.54 Å². The van der Waals surface area contributed by atoms with Crippen LogP contribution in [0.3, 0.4) is 0 Å². The Morgan fingerprint density at radius 1 is 1.35 bits per heavy atom. The van der Waals surface area contributed by atoms with Crippen molar-refractivity contribution in [2.75, 3.05) is 6.54 Å². The van der Waals surface area contributed by atoms with Gasteiger partial charge >= 0.3 is 0 Å². The van der Waals surface area contributed by atoms with Crippen molar-refractivity contribution in [2.45, 2.75) is 19.3 Å². The third kappa shape index (κ3) is 3.24. The summed E-state index contributed by atoms with van der Waals surface area (Å²) in [5.74, 6) is -0.171. The number of hydrogen-bond acceptors (Lipinski definition) is 4. The van der Waals surface area contributed by atoms with Crippen molar-refractivity contribution in [1.82, 2.24) is 10.3 Å². The van der Waals surface area contributed by atoms with Gasteiger partial charge in [0.2, 0.25) is 0 Å². The largest absolute Gasteiger partial charge is 0.440 e. The fourth-order valence-electron chi connectivity index (χ4n) is 2.21. The maximum Gasteiger partial charge on any atom is 0.273 e. The second kappa shape index (κ2) is 6.45. The Balaban J connectivity index is 1.67. The molecule has 120 valence electrons. The second-order valence-corrected chi connectivity index (χ2v) is 6.08. The molecule has 3 rings (SSSR count). The van der Waals surface area contributed by atoms with E-state index < -0.39 is 12.3 Å². The van der Waals surface area contributed by atoms with Gasteiger partial charge in [0.05, 0.1) is 16.4 Å². The first kappa shape index (κ1) is 15.6. The van der Waals surface area contributed by atoms with Gasteiger partial charge in [-0.05, 0) is 23.6 Å². The van der Waals surface area contributed by atoms with Gasteiger partial charge in [-0.3, -0.25) is 4.79 Å². The highest BCUT2D eigenvalue weighted by atomic mass is 32.1. The molecule has 0 bridgehead atoms. The van der Waals surface area contributed by atoms with E-state index in [0.717, 1.165) is 16.9 Å². The second-order valence-electron chi connectivity index (χ2n) is 5.13. The van der Waals surface area contributed by atoms with Gasteiger partial charge in [0.25, 0.3) is 12.3 Å². The summed E-state index contributed by atoms with van der Waals surface area (Å²) in [6, 6.07) is 8.78. The summed E-state index contributed by atoms with van der Waals surface area (Å²) in [6.07, 6.45) is -2.65. The molecule has 23 heavy (non-hydrogen) atoms. The summed E-state index contributed by atoms with van der Waals surface area (Å²) in [5.41, 5.74) is 1.45. The molecule has 1 unspecified atom stereocenters. The van der Waals surface area contributed by atoms with E-state index in [4.69, 9.17) is 4.42 Å². The highest BCUT2D eigenvalue weighted by Gasteiger charge is 2.21. The van der Waals surface area contributed by atoms with Crippen molar-refractivity contribution in [1.29, 1.82) is 0 Å². The Morgan fingerprint density at radius 3 is 2.87 bits per heavy atom. The van der Waals surface area contributed by atoms with E-state index in [0.29, 0.717) is 11.5 Å². The molecule has 2 aromatic heterocycles. The van der Waals surface area contributed by atoms with Crippen LogP contribution >= 0.6 is 11.3 Å². The normalized spacial score (nSPS) is 12.7. The summed E-state index contributed by atoms with van der Waals surface area (Å²) in [5, 5.41) is 4.14. The van der Waals surface area contributed by atoms with Crippen LogP contribution in [-0.4, -0.2) is 17.4 Å². The molecule has 1 N–H and O–H groups in total. The third-order valence-electron chi connectivity index (χ3n) is 3.44. The van der Waals surface area contributed by atoms with Crippen LogP contribution in [0, 0.1) is 0 Å². The zero-order chi connectivity index (χ0) is 16.4.